The molecule has 0 spiro atoms. The molecule has 2 aliphatic heterocycles. The highest BCUT2D eigenvalue weighted by molar-refractivity contribution is 5.85. The molecule has 0 aromatic rings. The minimum atomic E-state index is 0. The molecule has 0 saturated carbocycles. The van der Waals surface area contributed by atoms with Crippen LogP contribution in [-0.4, -0.2) is 62.8 Å². The molecule has 0 bridgehead atoms. The Morgan fingerprint density at radius 3 is 2.80 bits per heavy atom. The van der Waals surface area contributed by atoms with Gasteiger partial charge in [0.1, 0.15) is 0 Å². The first-order chi connectivity index (χ1) is 8.81. The Morgan fingerprint density at radius 2 is 2.05 bits per heavy atom. The summed E-state index contributed by atoms with van der Waals surface area (Å²) in [6.07, 6.45) is 4.96. The quantitative estimate of drug-likeness (QED) is 0.709. The van der Waals surface area contributed by atoms with Crippen LogP contribution in [0.2, 0.25) is 0 Å². The number of nitrogens with zero attached hydrogens (tertiary/aromatic N) is 1. The fourth-order valence-electron chi connectivity index (χ4n) is 3.05. The smallest absolute Gasteiger partial charge is 0.234 e. The number of amides is 1. The lowest BCUT2D eigenvalue weighted by atomic mass is 9.99. The third-order valence-corrected chi connectivity index (χ3v) is 3.97. The van der Waals surface area contributed by atoms with Gasteiger partial charge in [-0.3, -0.25) is 9.69 Å². The summed E-state index contributed by atoms with van der Waals surface area (Å²) in [5.74, 6) is 0.114. The van der Waals surface area contributed by atoms with E-state index in [9.17, 15) is 4.79 Å². The summed E-state index contributed by atoms with van der Waals surface area (Å²) >= 11 is 0. The van der Waals surface area contributed by atoms with Gasteiger partial charge in [0, 0.05) is 32.3 Å². The molecule has 2 unspecified atom stereocenters. The van der Waals surface area contributed by atoms with Crippen LogP contribution >= 0.6 is 24.8 Å². The third kappa shape index (κ3) is 5.74. The van der Waals surface area contributed by atoms with E-state index in [-0.39, 0.29) is 30.7 Å². The number of carbonyl (C=O) groups is 1. The van der Waals surface area contributed by atoms with E-state index in [4.69, 9.17) is 4.74 Å². The van der Waals surface area contributed by atoms with Gasteiger partial charge in [0.05, 0.1) is 13.2 Å². The van der Waals surface area contributed by atoms with Crippen LogP contribution in [0, 0.1) is 0 Å². The molecule has 2 N–H and O–H groups in total. The molecule has 0 aromatic heterocycles. The minimum Gasteiger partial charge on any atom is -0.383 e. The standard InChI is InChI=1S/C13H25N3O2.2ClH/c1-18-9-6-14-10-13(17)15-11-5-8-16-7-3-2-4-12(11)16;;/h11-12,14H,2-10H2,1H3,(H,15,17);2*1H. The van der Waals surface area contributed by atoms with Crippen LogP contribution in [0.1, 0.15) is 25.7 Å². The second-order valence-corrected chi connectivity index (χ2v) is 5.23. The molecule has 2 fully saturated rings. The number of ether oxygens (including phenoxy) is 1. The lowest BCUT2D eigenvalue weighted by Crippen LogP contribution is -2.48. The lowest BCUT2D eigenvalue weighted by Gasteiger charge is -2.32. The number of piperidine rings is 1. The predicted octanol–water partition coefficient (Wildman–Crippen LogP) is 0.809. The Morgan fingerprint density at radius 1 is 1.25 bits per heavy atom. The molecular weight excluding hydrogens is 301 g/mol. The number of nitrogens with one attached hydrogen (secondary N) is 2. The number of carbonyl (C=O) groups excluding carboxylic acids is 1. The van der Waals surface area contributed by atoms with E-state index in [2.05, 4.69) is 15.5 Å². The second kappa shape index (κ2) is 10.6. The van der Waals surface area contributed by atoms with Gasteiger partial charge in [-0.15, -0.1) is 24.8 Å². The van der Waals surface area contributed by atoms with Crippen molar-refractivity contribution in [2.45, 2.75) is 37.8 Å². The predicted molar refractivity (Wildman–Crippen MR) is 85.0 cm³/mol. The highest BCUT2D eigenvalue weighted by Crippen LogP contribution is 2.26. The van der Waals surface area contributed by atoms with Crippen molar-refractivity contribution >= 4 is 30.7 Å². The van der Waals surface area contributed by atoms with Gasteiger partial charge in [0.25, 0.3) is 0 Å². The average molecular weight is 328 g/mol. The maximum atomic E-state index is 11.8. The molecule has 2 saturated heterocycles. The van der Waals surface area contributed by atoms with Crippen LogP contribution in [0.5, 0.6) is 0 Å². The molecule has 2 rings (SSSR count). The van der Waals surface area contributed by atoms with E-state index < -0.39 is 0 Å². The molecule has 5 nitrogen and oxygen atoms in total. The van der Waals surface area contributed by atoms with E-state index >= 15 is 0 Å². The maximum absolute atomic E-state index is 11.8. The van der Waals surface area contributed by atoms with Crippen molar-refractivity contribution < 1.29 is 9.53 Å². The topological polar surface area (TPSA) is 53.6 Å². The zero-order valence-corrected chi connectivity index (χ0v) is 13.7. The molecule has 1 amide bonds. The maximum Gasteiger partial charge on any atom is 0.234 e. The SMILES string of the molecule is COCCNCC(=O)NC1CCN2CCCCC12.Cl.Cl. The van der Waals surface area contributed by atoms with Crippen LogP contribution < -0.4 is 10.6 Å². The van der Waals surface area contributed by atoms with Crippen molar-refractivity contribution in [1.29, 1.82) is 0 Å². The van der Waals surface area contributed by atoms with Crippen molar-refractivity contribution in [2.24, 2.45) is 0 Å². The molecule has 2 aliphatic rings. The first-order valence-corrected chi connectivity index (χ1v) is 7.04. The lowest BCUT2D eigenvalue weighted by molar-refractivity contribution is -0.121. The third-order valence-electron chi connectivity index (χ3n) is 3.97. The number of halogens is 2. The summed E-state index contributed by atoms with van der Waals surface area (Å²) in [5.41, 5.74) is 0. The number of methoxy groups -OCH3 is 1. The van der Waals surface area contributed by atoms with E-state index in [0.29, 0.717) is 25.2 Å². The van der Waals surface area contributed by atoms with Crippen LogP contribution in [0.4, 0.5) is 0 Å². The Balaban J connectivity index is 0.00000180. The average Bonchev–Trinajstić information content (AvgIpc) is 2.78. The normalized spacial score (nSPS) is 25.2. The minimum absolute atomic E-state index is 0. The monoisotopic (exact) mass is 327 g/mol. The molecule has 2 heterocycles. The van der Waals surface area contributed by atoms with E-state index in [1.54, 1.807) is 7.11 Å². The highest BCUT2D eigenvalue weighted by atomic mass is 35.5. The van der Waals surface area contributed by atoms with Gasteiger partial charge >= 0.3 is 0 Å². The van der Waals surface area contributed by atoms with Crippen LogP contribution in [0.3, 0.4) is 0 Å². The summed E-state index contributed by atoms with van der Waals surface area (Å²) < 4.78 is 4.93. The van der Waals surface area contributed by atoms with Crippen LogP contribution in [-0.2, 0) is 9.53 Å². The van der Waals surface area contributed by atoms with Gasteiger partial charge in [-0.1, -0.05) is 6.42 Å². The van der Waals surface area contributed by atoms with Gasteiger partial charge in [-0.2, -0.15) is 0 Å². The zero-order valence-electron chi connectivity index (χ0n) is 12.1. The van der Waals surface area contributed by atoms with Crippen molar-refractivity contribution in [3.05, 3.63) is 0 Å². The number of rotatable bonds is 6. The van der Waals surface area contributed by atoms with Gasteiger partial charge in [0.15, 0.2) is 0 Å². The largest absolute Gasteiger partial charge is 0.383 e. The van der Waals surface area contributed by atoms with Crippen molar-refractivity contribution in [3.63, 3.8) is 0 Å². The van der Waals surface area contributed by atoms with Crippen molar-refractivity contribution in [2.75, 3.05) is 39.9 Å². The van der Waals surface area contributed by atoms with Gasteiger partial charge in [-0.25, -0.2) is 0 Å². The van der Waals surface area contributed by atoms with E-state index in [1.165, 1.54) is 25.8 Å². The molecule has 20 heavy (non-hydrogen) atoms. The number of hydrogen-bond acceptors (Lipinski definition) is 4. The Kier molecular flexibility index (Phi) is 10.6. The first-order valence-electron chi connectivity index (χ1n) is 7.04. The number of hydrogen-bond donors (Lipinski definition) is 2. The van der Waals surface area contributed by atoms with E-state index in [1.807, 2.05) is 0 Å². The molecule has 120 valence electrons. The molecule has 0 aliphatic carbocycles. The highest BCUT2D eigenvalue weighted by Gasteiger charge is 2.35. The molecule has 0 aromatic carbocycles. The summed E-state index contributed by atoms with van der Waals surface area (Å²) in [6, 6.07) is 0.948. The van der Waals surface area contributed by atoms with Gasteiger partial charge in [-0.05, 0) is 25.8 Å². The molecule has 0 radical (unpaired) electrons. The van der Waals surface area contributed by atoms with E-state index in [0.717, 1.165) is 19.5 Å². The number of fused-ring (bicyclic) bond motifs is 1. The zero-order chi connectivity index (χ0) is 12.8. The summed E-state index contributed by atoms with van der Waals surface area (Å²) in [7, 11) is 1.66. The summed E-state index contributed by atoms with van der Waals surface area (Å²) in [6.45, 7) is 4.12. The van der Waals surface area contributed by atoms with Crippen LogP contribution in [0.15, 0.2) is 0 Å². The molecule has 2 atom stereocenters. The Labute approximate surface area is 134 Å². The van der Waals surface area contributed by atoms with Gasteiger partial charge in [0.2, 0.25) is 5.91 Å². The van der Waals surface area contributed by atoms with Crippen molar-refractivity contribution in [1.82, 2.24) is 15.5 Å². The van der Waals surface area contributed by atoms with Gasteiger partial charge < -0.3 is 15.4 Å². The summed E-state index contributed by atoms with van der Waals surface area (Å²) in [4.78, 5) is 14.3. The fraction of sp³-hybridized carbons (Fsp3) is 0.923. The Hall–Kier alpha value is -0.0700. The molecule has 7 heteroatoms. The molecular formula is C13H27Cl2N3O2. The van der Waals surface area contributed by atoms with Crippen LogP contribution in [0.25, 0.3) is 0 Å². The van der Waals surface area contributed by atoms with Crippen molar-refractivity contribution in [3.8, 4) is 0 Å². The Bertz CT molecular complexity index is 282. The fourth-order valence-corrected chi connectivity index (χ4v) is 3.05. The summed E-state index contributed by atoms with van der Waals surface area (Å²) in [5, 5.41) is 6.25. The second-order valence-electron chi connectivity index (χ2n) is 5.23. The first kappa shape index (κ1) is 19.9.